The smallest absolute Gasteiger partial charge is 0.397 e. The van der Waals surface area contributed by atoms with E-state index < -0.39 is 40.0 Å². The lowest BCUT2D eigenvalue weighted by Gasteiger charge is -2.30. The van der Waals surface area contributed by atoms with E-state index in [1.165, 1.54) is 20.8 Å². The third kappa shape index (κ3) is 4.85. The summed E-state index contributed by atoms with van der Waals surface area (Å²) in [7, 11) is -5.01. The van der Waals surface area contributed by atoms with E-state index in [0.717, 1.165) is 6.92 Å². The predicted octanol–water partition coefficient (Wildman–Crippen LogP) is 0.617. The molecule has 1 heterocycles. The van der Waals surface area contributed by atoms with Crippen molar-refractivity contribution >= 4 is 16.4 Å². The van der Waals surface area contributed by atoms with E-state index >= 15 is 0 Å². The fourth-order valence-electron chi connectivity index (χ4n) is 1.89. The van der Waals surface area contributed by atoms with Gasteiger partial charge in [-0.25, -0.2) is 13.4 Å². The summed E-state index contributed by atoms with van der Waals surface area (Å²) in [5.41, 5.74) is -2.86. The molecular weight excluding hydrogens is 311 g/mol. The van der Waals surface area contributed by atoms with Gasteiger partial charge in [-0.1, -0.05) is 0 Å². The van der Waals surface area contributed by atoms with Crippen molar-refractivity contribution in [3.63, 3.8) is 0 Å². The number of ether oxygens (including phenoxy) is 3. The second kappa shape index (κ2) is 6.13. The Balaban J connectivity index is 3.05. The van der Waals surface area contributed by atoms with Gasteiger partial charge in [-0.05, 0) is 27.7 Å². The number of esters is 1. The molecule has 124 valence electrons. The van der Waals surface area contributed by atoms with Crippen LogP contribution in [-0.4, -0.2) is 55.8 Å². The molecule has 0 aromatic carbocycles. The van der Waals surface area contributed by atoms with Crippen molar-refractivity contribution in [3.8, 4) is 0 Å². The number of hydrogen-bond donors (Lipinski definition) is 1. The monoisotopic (exact) mass is 330 g/mol. The summed E-state index contributed by atoms with van der Waals surface area (Å²) in [6, 6.07) is 0. The Kier molecular flexibility index (Phi) is 5.32. The minimum Gasteiger partial charge on any atom is -0.464 e. The molecule has 8 nitrogen and oxygen atoms in total. The minimum absolute atomic E-state index is 0.107. The van der Waals surface area contributed by atoms with Crippen molar-refractivity contribution in [1.82, 2.24) is 0 Å². The molecule has 1 fully saturated rings. The van der Waals surface area contributed by atoms with Crippen LogP contribution in [-0.2, 0) is 33.6 Å². The highest BCUT2D eigenvalue weighted by molar-refractivity contribution is 7.80. The number of carbonyl (C=O) groups excluding carboxylic acids is 1. The van der Waals surface area contributed by atoms with Gasteiger partial charge < -0.3 is 14.2 Å². The molecule has 1 rings (SSSR count). The molecule has 0 amide bonds. The van der Waals surface area contributed by atoms with Gasteiger partial charge in [0.2, 0.25) is 5.67 Å². The lowest BCUT2D eigenvalue weighted by molar-refractivity contribution is -0.179. The summed E-state index contributed by atoms with van der Waals surface area (Å²) < 4.78 is 64.6. The van der Waals surface area contributed by atoms with E-state index in [1.54, 1.807) is 0 Å². The van der Waals surface area contributed by atoms with E-state index in [9.17, 15) is 17.6 Å². The first kappa shape index (κ1) is 18.2. The van der Waals surface area contributed by atoms with E-state index in [-0.39, 0.29) is 13.2 Å². The standard InChI is InChI=1S/C11H19FO8S/c1-5-17-9(13)11(4,12)8(20-21(14,15)16)7-6-18-10(2,3)19-7/h7-8H,5-6H2,1-4H3,(H,14,15,16)/t7?,8-,11-/m1/s1. The molecule has 0 spiro atoms. The van der Waals surface area contributed by atoms with Crippen LogP contribution in [0.2, 0.25) is 0 Å². The molecule has 21 heavy (non-hydrogen) atoms. The quantitative estimate of drug-likeness (QED) is 0.557. The van der Waals surface area contributed by atoms with Gasteiger partial charge in [-0.2, -0.15) is 8.42 Å². The molecular formula is C11H19FO8S. The molecule has 1 unspecified atom stereocenters. The lowest BCUT2D eigenvalue weighted by Crippen LogP contribution is -2.53. The third-order valence-corrected chi connectivity index (χ3v) is 3.25. The van der Waals surface area contributed by atoms with Crippen LogP contribution in [0.15, 0.2) is 0 Å². The van der Waals surface area contributed by atoms with Gasteiger partial charge in [0.25, 0.3) is 0 Å². The number of alkyl halides is 1. The van der Waals surface area contributed by atoms with E-state index in [1.807, 2.05) is 0 Å². The van der Waals surface area contributed by atoms with Gasteiger partial charge in [0, 0.05) is 0 Å². The van der Waals surface area contributed by atoms with Crippen LogP contribution in [0.3, 0.4) is 0 Å². The third-order valence-electron chi connectivity index (χ3n) is 2.80. The van der Waals surface area contributed by atoms with Crippen LogP contribution in [0.1, 0.15) is 27.7 Å². The molecule has 0 aliphatic carbocycles. The highest BCUT2D eigenvalue weighted by Gasteiger charge is 2.54. The molecule has 0 bridgehead atoms. The number of rotatable bonds is 6. The topological polar surface area (TPSA) is 108 Å². The summed E-state index contributed by atoms with van der Waals surface area (Å²) in [5, 5.41) is 0. The SMILES string of the molecule is CCOC(=O)[C@](C)(F)[C@H](OS(=O)(=O)O)C1COC(C)(C)O1. The normalized spacial score (nSPS) is 26.1. The van der Waals surface area contributed by atoms with E-state index in [4.69, 9.17) is 14.0 Å². The molecule has 1 aliphatic rings. The number of carbonyl (C=O) groups is 1. The van der Waals surface area contributed by atoms with E-state index in [0.29, 0.717) is 0 Å². The molecule has 0 aromatic rings. The van der Waals surface area contributed by atoms with E-state index in [2.05, 4.69) is 8.92 Å². The van der Waals surface area contributed by atoms with Crippen molar-refractivity contribution < 1.29 is 40.5 Å². The van der Waals surface area contributed by atoms with Crippen LogP contribution in [0.25, 0.3) is 0 Å². The summed E-state index contributed by atoms with van der Waals surface area (Å²) in [5.74, 6) is -2.43. The number of halogens is 1. The zero-order chi connectivity index (χ0) is 16.5. The van der Waals surface area contributed by atoms with Crippen molar-refractivity contribution in [2.45, 2.75) is 51.4 Å². The second-order valence-electron chi connectivity index (χ2n) is 5.11. The summed E-state index contributed by atoms with van der Waals surface area (Å²) in [4.78, 5) is 11.7. The van der Waals surface area contributed by atoms with Crippen molar-refractivity contribution in [3.05, 3.63) is 0 Å². The van der Waals surface area contributed by atoms with Gasteiger partial charge in [0.05, 0.1) is 13.2 Å². The lowest BCUT2D eigenvalue weighted by atomic mass is 9.97. The van der Waals surface area contributed by atoms with Crippen LogP contribution < -0.4 is 0 Å². The minimum atomic E-state index is -5.01. The fraction of sp³-hybridized carbons (Fsp3) is 0.909. The Morgan fingerprint density at radius 1 is 1.57 bits per heavy atom. The second-order valence-corrected chi connectivity index (χ2v) is 6.16. The summed E-state index contributed by atoms with van der Waals surface area (Å²) in [6.07, 6.45) is -3.17. The zero-order valence-corrected chi connectivity index (χ0v) is 13.0. The van der Waals surface area contributed by atoms with Gasteiger partial charge in [-0.3, -0.25) is 4.55 Å². The first-order valence-corrected chi connectivity index (χ1v) is 7.59. The molecule has 0 aromatic heterocycles. The summed E-state index contributed by atoms with van der Waals surface area (Å²) >= 11 is 0. The van der Waals surface area contributed by atoms with Gasteiger partial charge >= 0.3 is 16.4 Å². The van der Waals surface area contributed by atoms with Crippen LogP contribution in [0, 0.1) is 0 Å². The molecule has 0 saturated carbocycles. The summed E-state index contributed by atoms with van der Waals surface area (Å²) in [6.45, 7) is 4.98. The van der Waals surface area contributed by atoms with Crippen molar-refractivity contribution in [1.29, 1.82) is 0 Å². The number of hydrogen-bond acceptors (Lipinski definition) is 7. The van der Waals surface area contributed by atoms with Gasteiger partial charge in [0.1, 0.15) is 6.10 Å². The largest absolute Gasteiger partial charge is 0.464 e. The maximum absolute atomic E-state index is 14.7. The zero-order valence-electron chi connectivity index (χ0n) is 12.2. The highest BCUT2D eigenvalue weighted by atomic mass is 32.3. The fourth-order valence-corrected chi connectivity index (χ4v) is 2.45. The molecule has 3 atom stereocenters. The highest BCUT2D eigenvalue weighted by Crippen LogP contribution is 2.33. The Morgan fingerprint density at radius 3 is 2.52 bits per heavy atom. The molecule has 10 heteroatoms. The predicted molar refractivity (Wildman–Crippen MR) is 67.5 cm³/mol. The maximum Gasteiger partial charge on any atom is 0.397 e. The average Bonchev–Trinajstić information content (AvgIpc) is 2.65. The van der Waals surface area contributed by atoms with Crippen molar-refractivity contribution in [2.24, 2.45) is 0 Å². The van der Waals surface area contributed by atoms with Crippen LogP contribution >= 0.6 is 0 Å². The molecule has 1 N–H and O–H groups in total. The Bertz CT molecular complexity index is 486. The van der Waals surface area contributed by atoms with Gasteiger partial charge in [-0.15, -0.1) is 0 Å². The molecule has 0 radical (unpaired) electrons. The maximum atomic E-state index is 14.7. The average molecular weight is 330 g/mol. The first-order chi connectivity index (χ1) is 9.39. The Hall–Kier alpha value is -0.810. The molecule has 1 saturated heterocycles. The Morgan fingerprint density at radius 2 is 2.14 bits per heavy atom. The van der Waals surface area contributed by atoms with Crippen LogP contribution in [0.5, 0.6) is 0 Å². The molecule has 1 aliphatic heterocycles. The van der Waals surface area contributed by atoms with Crippen molar-refractivity contribution in [2.75, 3.05) is 13.2 Å². The Labute approximate surface area is 122 Å². The van der Waals surface area contributed by atoms with Gasteiger partial charge in [0.15, 0.2) is 11.9 Å². The van der Waals surface area contributed by atoms with Crippen LogP contribution in [0.4, 0.5) is 4.39 Å². The first-order valence-electron chi connectivity index (χ1n) is 6.22.